The molecule has 2 N–H and O–H groups in total. The van der Waals surface area contributed by atoms with E-state index in [9.17, 15) is 0 Å². The van der Waals surface area contributed by atoms with Crippen LogP contribution in [0.1, 0.15) is 5.56 Å². The van der Waals surface area contributed by atoms with E-state index >= 15 is 0 Å². The Bertz CT molecular complexity index is 192. The fourth-order valence-corrected chi connectivity index (χ4v) is 1.00. The van der Waals surface area contributed by atoms with Gasteiger partial charge in [-0.2, -0.15) is 0 Å². The van der Waals surface area contributed by atoms with Gasteiger partial charge in [0, 0.05) is 32.0 Å². The number of likely N-dealkylation sites (N-methyl/N-ethyl adjacent to an activating group) is 1. The maximum Gasteiger partial charge on any atom is 0.0220 e. The molecular weight excluding hydrogens is 150 g/mol. The van der Waals surface area contributed by atoms with Crippen molar-refractivity contribution in [2.45, 2.75) is 6.54 Å². The smallest absolute Gasteiger partial charge is 0.0220 e. The van der Waals surface area contributed by atoms with Gasteiger partial charge in [0.05, 0.1) is 0 Å². The Balaban J connectivity index is 2.04. The highest BCUT2D eigenvalue weighted by atomic mass is 15.1. The minimum atomic E-state index is 0.956. The lowest BCUT2D eigenvalue weighted by atomic mass is 10.3. The third-order valence-electron chi connectivity index (χ3n) is 1.73. The lowest BCUT2D eigenvalue weighted by Gasteiger charge is -2.09. The molecule has 1 heterocycles. The van der Waals surface area contributed by atoms with Gasteiger partial charge in [-0.25, -0.2) is 0 Å². The fourth-order valence-electron chi connectivity index (χ4n) is 1.00. The highest BCUT2D eigenvalue weighted by Crippen LogP contribution is 1.93. The zero-order valence-corrected chi connectivity index (χ0v) is 7.80. The van der Waals surface area contributed by atoms with E-state index in [1.54, 1.807) is 0 Å². The maximum atomic E-state index is 3.36. The molecule has 0 saturated carbocycles. The van der Waals surface area contributed by atoms with Crippen LogP contribution in [0.3, 0.4) is 0 Å². The Morgan fingerprint density at radius 2 is 2.33 bits per heavy atom. The van der Waals surface area contributed by atoms with E-state index in [-0.39, 0.29) is 0 Å². The van der Waals surface area contributed by atoms with Gasteiger partial charge in [0.25, 0.3) is 0 Å². The van der Waals surface area contributed by atoms with Crippen LogP contribution in [-0.2, 0) is 6.54 Å². The summed E-state index contributed by atoms with van der Waals surface area (Å²) in [6.45, 7) is 3.08. The van der Waals surface area contributed by atoms with Crippen molar-refractivity contribution in [3.05, 3.63) is 24.0 Å². The number of hydrogen-bond donors (Lipinski definition) is 2. The van der Waals surface area contributed by atoms with Gasteiger partial charge in [-0.1, -0.05) is 0 Å². The van der Waals surface area contributed by atoms with Crippen molar-refractivity contribution in [2.24, 2.45) is 0 Å². The first kappa shape index (κ1) is 9.29. The highest BCUT2D eigenvalue weighted by Gasteiger charge is 1.92. The van der Waals surface area contributed by atoms with Crippen molar-refractivity contribution in [2.75, 3.05) is 27.2 Å². The molecule has 0 unspecified atom stereocenters. The van der Waals surface area contributed by atoms with E-state index < -0.39 is 0 Å². The molecule has 3 nitrogen and oxygen atoms in total. The third-order valence-corrected chi connectivity index (χ3v) is 1.73. The van der Waals surface area contributed by atoms with Crippen molar-refractivity contribution in [1.29, 1.82) is 0 Å². The van der Waals surface area contributed by atoms with Crippen LogP contribution in [0.15, 0.2) is 18.5 Å². The molecule has 1 aromatic heterocycles. The minimum Gasteiger partial charge on any atom is -0.367 e. The molecule has 0 spiro atoms. The van der Waals surface area contributed by atoms with Gasteiger partial charge < -0.3 is 15.2 Å². The molecule has 0 aliphatic heterocycles. The summed E-state index contributed by atoms with van der Waals surface area (Å²) < 4.78 is 0. The molecule has 0 atom stereocenters. The molecule has 0 aliphatic rings. The molecule has 0 fully saturated rings. The van der Waals surface area contributed by atoms with E-state index in [2.05, 4.69) is 35.4 Å². The number of aromatic nitrogens is 1. The van der Waals surface area contributed by atoms with Crippen molar-refractivity contribution < 1.29 is 0 Å². The Morgan fingerprint density at radius 1 is 1.50 bits per heavy atom. The lowest BCUT2D eigenvalue weighted by Crippen LogP contribution is -2.25. The predicted octanol–water partition coefficient (Wildman–Crippen LogP) is 0.666. The summed E-state index contributed by atoms with van der Waals surface area (Å²) in [5.74, 6) is 0. The predicted molar refractivity (Wildman–Crippen MR) is 51.1 cm³/mol. The van der Waals surface area contributed by atoms with Gasteiger partial charge in [-0.3, -0.25) is 0 Å². The van der Waals surface area contributed by atoms with Crippen molar-refractivity contribution >= 4 is 0 Å². The second-order valence-corrected chi connectivity index (χ2v) is 3.20. The minimum absolute atomic E-state index is 0.956. The molecule has 0 saturated heterocycles. The quantitative estimate of drug-likeness (QED) is 0.631. The number of hydrogen-bond acceptors (Lipinski definition) is 2. The molecule has 0 amide bonds. The molecule has 12 heavy (non-hydrogen) atoms. The summed E-state index contributed by atoms with van der Waals surface area (Å²) in [6.07, 6.45) is 3.96. The molecule has 3 heteroatoms. The number of H-pyrrole nitrogens is 1. The topological polar surface area (TPSA) is 31.1 Å². The molecule has 68 valence electrons. The van der Waals surface area contributed by atoms with Gasteiger partial charge in [0.1, 0.15) is 0 Å². The first-order chi connectivity index (χ1) is 5.79. The second-order valence-electron chi connectivity index (χ2n) is 3.20. The maximum absolute atomic E-state index is 3.36. The highest BCUT2D eigenvalue weighted by molar-refractivity contribution is 5.07. The van der Waals surface area contributed by atoms with Gasteiger partial charge in [-0.15, -0.1) is 0 Å². The van der Waals surface area contributed by atoms with E-state index in [0.29, 0.717) is 0 Å². The summed E-state index contributed by atoms with van der Waals surface area (Å²) >= 11 is 0. The largest absolute Gasteiger partial charge is 0.367 e. The summed E-state index contributed by atoms with van der Waals surface area (Å²) in [7, 11) is 4.16. The first-order valence-electron chi connectivity index (χ1n) is 4.26. The van der Waals surface area contributed by atoms with E-state index in [0.717, 1.165) is 19.6 Å². The Morgan fingerprint density at radius 3 is 2.92 bits per heavy atom. The summed E-state index contributed by atoms with van der Waals surface area (Å²) in [4.78, 5) is 5.20. The fraction of sp³-hybridized carbons (Fsp3) is 0.556. The van der Waals surface area contributed by atoms with Crippen LogP contribution >= 0.6 is 0 Å². The Labute approximate surface area is 73.8 Å². The summed E-state index contributed by atoms with van der Waals surface area (Å²) in [5.41, 5.74) is 1.31. The van der Waals surface area contributed by atoms with Gasteiger partial charge in [0.15, 0.2) is 0 Å². The second kappa shape index (κ2) is 4.95. The molecule has 0 radical (unpaired) electrons. The van der Waals surface area contributed by atoms with Crippen LogP contribution in [0, 0.1) is 0 Å². The summed E-state index contributed by atoms with van der Waals surface area (Å²) in [6, 6.07) is 2.09. The third kappa shape index (κ3) is 3.55. The van der Waals surface area contributed by atoms with E-state index in [1.807, 2.05) is 12.4 Å². The SMILES string of the molecule is CN(C)CCNCc1cc[nH]c1. The number of nitrogens with zero attached hydrogens (tertiary/aromatic N) is 1. The van der Waals surface area contributed by atoms with E-state index in [4.69, 9.17) is 0 Å². The van der Waals surface area contributed by atoms with Crippen molar-refractivity contribution in [3.8, 4) is 0 Å². The number of rotatable bonds is 5. The molecule has 1 aromatic rings. The van der Waals surface area contributed by atoms with Crippen molar-refractivity contribution in [3.63, 3.8) is 0 Å². The average molecular weight is 167 g/mol. The van der Waals surface area contributed by atoms with E-state index in [1.165, 1.54) is 5.56 Å². The standard InChI is InChI=1S/C9H17N3/c1-12(2)6-5-11-8-9-3-4-10-7-9/h3-4,7,10-11H,5-6,8H2,1-2H3. The van der Waals surface area contributed by atoms with Gasteiger partial charge in [-0.05, 0) is 25.7 Å². The van der Waals surface area contributed by atoms with Crippen LogP contribution in [0.4, 0.5) is 0 Å². The summed E-state index contributed by atoms with van der Waals surface area (Å²) in [5, 5.41) is 3.36. The van der Waals surface area contributed by atoms with Crippen LogP contribution in [0.25, 0.3) is 0 Å². The normalized spacial score (nSPS) is 10.9. The van der Waals surface area contributed by atoms with Crippen LogP contribution in [0.5, 0.6) is 0 Å². The molecular formula is C9H17N3. The van der Waals surface area contributed by atoms with Crippen LogP contribution in [-0.4, -0.2) is 37.1 Å². The molecule has 1 rings (SSSR count). The Hall–Kier alpha value is -0.800. The van der Waals surface area contributed by atoms with Crippen LogP contribution in [0.2, 0.25) is 0 Å². The number of aromatic amines is 1. The average Bonchev–Trinajstić information content (AvgIpc) is 2.49. The number of nitrogens with one attached hydrogen (secondary N) is 2. The van der Waals surface area contributed by atoms with Gasteiger partial charge >= 0.3 is 0 Å². The Kier molecular flexibility index (Phi) is 3.84. The molecule has 0 aromatic carbocycles. The molecule has 0 aliphatic carbocycles. The van der Waals surface area contributed by atoms with Crippen LogP contribution < -0.4 is 5.32 Å². The monoisotopic (exact) mass is 167 g/mol. The zero-order valence-electron chi connectivity index (χ0n) is 7.80. The zero-order chi connectivity index (χ0) is 8.81. The first-order valence-corrected chi connectivity index (χ1v) is 4.26. The lowest BCUT2D eigenvalue weighted by molar-refractivity contribution is 0.400. The molecule has 0 bridgehead atoms. The van der Waals surface area contributed by atoms with Gasteiger partial charge in [0.2, 0.25) is 0 Å². The van der Waals surface area contributed by atoms with Crippen molar-refractivity contribution in [1.82, 2.24) is 15.2 Å².